The number of nitrogens with one attached hydrogen (secondary N) is 2. The van der Waals surface area contributed by atoms with Gasteiger partial charge in [0.1, 0.15) is 5.69 Å². The number of carbonyl (C=O) groups is 2. The van der Waals surface area contributed by atoms with Gasteiger partial charge in [-0.15, -0.1) is 0 Å². The minimum atomic E-state index is -0.835. The van der Waals surface area contributed by atoms with Crippen LogP contribution in [0, 0.1) is 5.92 Å². The molecular formula is C24H34N4O5. The van der Waals surface area contributed by atoms with Gasteiger partial charge in [0.15, 0.2) is 0 Å². The van der Waals surface area contributed by atoms with E-state index in [1.807, 2.05) is 19.1 Å². The third kappa shape index (κ3) is 6.47. The van der Waals surface area contributed by atoms with Crippen LogP contribution in [0.25, 0.3) is 0 Å². The van der Waals surface area contributed by atoms with Gasteiger partial charge in [-0.05, 0) is 42.4 Å². The lowest BCUT2D eigenvalue weighted by molar-refractivity contribution is -0.137. The second kappa shape index (κ2) is 11.2. The fourth-order valence-electron chi connectivity index (χ4n) is 4.15. The Balaban J connectivity index is 2.00. The molecule has 1 fully saturated rings. The molecule has 0 spiro atoms. The summed E-state index contributed by atoms with van der Waals surface area (Å²) in [6.45, 7) is 8.62. The number of aromatic amines is 1. The van der Waals surface area contributed by atoms with E-state index in [-0.39, 0.29) is 18.0 Å². The maximum atomic E-state index is 11.8. The smallest absolute Gasteiger partial charge is 0.356 e. The molecule has 2 heterocycles. The Morgan fingerprint density at radius 2 is 2.03 bits per heavy atom. The van der Waals surface area contributed by atoms with Crippen LogP contribution in [0.3, 0.4) is 0 Å². The molecule has 0 radical (unpaired) electrons. The normalized spacial score (nSPS) is 15.3. The number of carbonyl (C=O) groups excluding carboxylic acids is 1. The van der Waals surface area contributed by atoms with Gasteiger partial charge < -0.3 is 29.8 Å². The van der Waals surface area contributed by atoms with Crippen molar-refractivity contribution >= 4 is 29.3 Å². The summed E-state index contributed by atoms with van der Waals surface area (Å²) in [6.07, 6.45) is 3.35. The van der Waals surface area contributed by atoms with Crippen molar-refractivity contribution in [3.63, 3.8) is 0 Å². The number of hydrogen-bond acceptors (Lipinski definition) is 7. The Labute approximate surface area is 194 Å². The second-order valence-corrected chi connectivity index (χ2v) is 8.93. The molecule has 0 aliphatic carbocycles. The van der Waals surface area contributed by atoms with E-state index < -0.39 is 11.9 Å². The largest absolute Gasteiger partial charge is 0.481 e. The molecule has 1 saturated heterocycles. The number of methoxy groups -OCH3 is 1. The van der Waals surface area contributed by atoms with Crippen molar-refractivity contribution in [3.8, 4) is 0 Å². The Bertz CT molecular complexity index is 952. The Morgan fingerprint density at radius 3 is 2.67 bits per heavy atom. The molecule has 9 heteroatoms. The van der Waals surface area contributed by atoms with E-state index >= 15 is 0 Å². The molecule has 1 aromatic heterocycles. The molecule has 3 rings (SSSR count). The molecule has 0 saturated carbocycles. The van der Waals surface area contributed by atoms with Crippen LogP contribution in [-0.2, 0) is 14.3 Å². The van der Waals surface area contributed by atoms with E-state index in [1.165, 1.54) is 13.3 Å². The fraction of sp³-hybridized carbons (Fsp3) is 0.542. The van der Waals surface area contributed by atoms with Gasteiger partial charge >= 0.3 is 11.9 Å². The molecule has 1 atom stereocenters. The first-order valence-electron chi connectivity index (χ1n) is 11.4. The van der Waals surface area contributed by atoms with Crippen LogP contribution in [0.4, 0.5) is 17.3 Å². The Morgan fingerprint density at radius 1 is 1.30 bits per heavy atom. The number of anilines is 3. The zero-order chi connectivity index (χ0) is 24.0. The number of carboxylic acids is 1. The van der Waals surface area contributed by atoms with Crippen LogP contribution < -0.4 is 10.2 Å². The van der Waals surface area contributed by atoms with Gasteiger partial charge in [-0.2, -0.15) is 0 Å². The Hall–Kier alpha value is -3.07. The standard InChI is InChI=1S/C24H34N4O5/c1-15(2)14-28(18-7-9-33-10-8-18)21-6-5-17(16(3)11-22(29)30)12-19(21)26-24-25-13-20(27-24)23(31)32-4/h5-6,12-13,15-16,18H,7-11,14H2,1-4H3,(H,29,30)(H2,25,26,27)/t16-/m1/s1. The highest BCUT2D eigenvalue weighted by atomic mass is 16.5. The zero-order valence-corrected chi connectivity index (χ0v) is 19.8. The molecule has 1 aliphatic rings. The SMILES string of the molecule is COC(=O)c1cnc(Nc2cc([C@H](C)CC(=O)O)ccc2N(CC(C)C)C2CCOCC2)[nH]1. The number of imidazole rings is 1. The summed E-state index contributed by atoms with van der Waals surface area (Å²) in [7, 11) is 1.32. The first kappa shape index (κ1) is 24.6. The number of carboxylic acid groups (broad SMARTS) is 1. The molecular weight excluding hydrogens is 424 g/mol. The number of aromatic nitrogens is 2. The number of nitrogens with zero attached hydrogens (tertiary/aromatic N) is 2. The van der Waals surface area contributed by atoms with E-state index in [0.717, 1.165) is 49.5 Å². The number of rotatable bonds is 10. The maximum Gasteiger partial charge on any atom is 0.356 e. The lowest BCUT2D eigenvalue weighted by atomic mass is 9.95. The first-order chi connectivity index (χ1) is 15.8. The summed E-state index contributed by atoms with van der Waals surface area (Å²) in [5.41, 5.74) is 2.99. The van der Waals surface area contributed by atoms with Crippen LogP contribution in [-0.4, -0.2) is 59.9 Å². The van der Waals surface area contributed by atoms with Gasteiger partial charge in [-0.25, -0.2) is 9.78 Å². The molecule has 0 unspecified atom stereocenters. The summed E-state index contributed by atoms with van der Waals surface area (Å²) in [5, 5.41) is 12.6. The van der Waals surface area contributed by atoms with Crippen LogP contribution >= 0.6 is 0 Å². The molecule has 1 aliphatic heterocycles. The van der Waals surface area contributed by atoms with Gasteiger partial charge in [0, 0.05) is 25.8 Å². The summed E-state index contributed by atoms with van der Waals surface area (Å²) in [6, 6.07) is 6.38. The summed E-state index contributed by atoms with van der Waals surface area (Å²) in [4.78, 5) is 32.7. The number of H-pyrrole nitrogens is 1. The van der Waals surface area contributed by atoms with Crippen molar-refractivity contribution in [2.75, 3.05) is 37.1 Å². The molecule has 9 nitrogen and oxygen atoms in total. The van der Waals surface area contributed by atoms with E-state index in [2.05, 4.69) is 40.1 Å². The van der Waals surface area contributed by atoms with E-state index in [1.54, 1.807) is 0 Å². The quantitative estimate of drug-likeness (QED) is 0.455. The first-order valence-corrected chi connectivity index (χ1v) is 11.4. The van der Waals surface area contributed by atoms with Gasteiger partial charge in [0.25, 0.3) is 0 Å². The van der Waals surface area contributed by atoms with Crippen molar-refractivity contribution in [2.45, 2.75) is 52.0 Å². The highest BCUT2D eigenvalue weighted by molar-refractivity contribution is 5.87. The number of aliphatic carboxylic acids is 1. The molecule has 1 aromatic carbocycles. The summed E-state index contributed by atoms with van der Waals surface area (Å²) in [5.74, 6) is -0.625. The topological polar surface area (TPSA) is 117 Å². The van der Waals surface area contributed by atoms with Crippen LogP contribution in [0.15, 0.2) is 24.4 Å². The lowest BCUT2D eigenvalue weighted by Gasteiger charge is -2.38. The zero-order valence-electron chi connectivity index (χ0n) is 19.8. The Kier molecular flexibility index (Phi) is 8.32. The van der Waals surface area contributed by atoms with Crippen molar-refractivity contribution < 1.29 is 24.2 Å². The van der Waals surface area contributed by atoms with Gasteiger partial charge in [-0.3, -0.25) is 4.79 Å². The average molecular weight is 459 g/mol. The second-order valence-electron chi connectivity index (χ2n) is 8.93. The fourth-order valence-corrected chi connectivity index (χ4v) is 4.15. The average Bonchev–Trinajstić information content (AvgIpc) is 3.25. The van der Waals surface area contributed by atoms with Gasteiger partial charge in [-0.1, -0.05) is 26.8 Å². The molecule has 2 aromatic rings. The molecule has 0 amide bonds. The number of ether oxygens (including phenoxy) is 2. The predicted molar refractivity (Wildman–Crippen MR) is 126 cm³/mol. The summed E-state index contributed by atoms with van der Waals surface area (Å²) < 4.78 is 10.3. The van der Waals surface area contributed by atoms with E-state index in [0.29, 0.717) is 17.9 Å². The number of benzene rings is 1. The van der Waals surface area contributed by atoms with Gasteiger partial charge in [0.2, 0.25) is 5.95 Å². The molecule has 0 bridgehead atoms. The van der Waals surface area contributed by atoms with Crippen LogP contribution in [0.2, 0.25) is 0 Å². The number of hydrogen-bond donors (Lipinski definition) is 3. The van der Waals surface area contributed by atoms with Crippen molar-refractivity contribution in [3.05, 3.63) is 35.7 Å². The molecule has 180 valence electrons. The van der Waals surface area contributed by atoms with Crippen molar-refractivity contribution in [1.82, 2.24) is 9.97 Å². The van der Waals surface area contributed by atoms with E-state index in [9.17, 15) is 14.7 Å². The van der Waals surface area contributed by atoms with Gasteiger partial charge in [0.05, 0.1) is 31.1 Å². The third-order valence-electron chi connectivity index (χ3n) is 5.81. The number of esters is 1. The predicted octanol–water partition coefficient (Wildman–Crippen LogP) is 4.16. The maximum absolute atomic E-state index is 11.8. The van der Waals surface area contributed by atoms with Crippen molar-refractivity contribution in [1.29, 1.82) is 0 Å². The highest BCUT2D eigenvalue weighted by Gasteiger charge is 2.25. The van der Waals surface area contributed by atoms with Crippen LogP contribution in [0.5, 0.6) is 0 Å². The van der Waals surface area contributed by atoms with Crippen LogP contribution in [0.1, 0.15) is 62.0 Å². The lowest BCUT2D eigenvalue weighted by Crippen LogP contribution is -2.42. The van der Waals surface area contributed by atoms with E-state index in [4.69, 9.17) is 9.47 Å². The highest BCUT2D eigenvalue weighted by Crippen LogP contribution is 2.35. The summed E-state index contributed by atoms with van der Waals surface area (Å²) >= 11 is 0. The minimum absolute atomic E-state index is 0.0434. The molecule has 3 N–H and O–H groups in total. The monoisotopic (exact) mass is 458 g/mol. The minimum Gasteiger partial charge on any atom is -0.481 e. The van der Waals surface area contributed by atoms with Crippen molar-refractivity contribution in [2.24, 2.45) is 5.92 Å². The third-order valence-corrected chi connectivity index (χ3v) is 5.81. The molecule has 33 heavy (non-hydrogen) atoms.